The smallest absolute Gasteiger partial charge is 0.274 e. The molecule has 8 heteroatoms. The molecular weight excluding hydrogens is 362 g/mol. The summed E-state index contributed by atoms with van der Waals surface area (Å²) in [5.74, 6) is 1.19. The number of amides is 1. The molecule has 1 unspecified atom stereocenters. The second-order valence-electron chi connectivity index (χ2n) is 6.58. The number of hydrogen-bond acceptors (Lipinski definition) is 6. The van der Waals surface area contributed by atoms with Crippen LogP contribution in [0.5, 0.6) is 11.5 Å². The summed E-state index contributed by atoms with van der Waals surface area (Å²) in [5.41, 5.74) is 0.863. The molecule has 148 valence electrons. The number of nitrogens with one attached hydrogen (secondary N) is 1. The summed E-state index contributed by atoms with van der Waals surface area (Å²) in [6.45, 7) is 5.34. The number of nitro benzene ring substituents is 1. The molecule has 2 aromatic rings. The molecule has 0 aliphatic carbocycles. The van der Waals surface area contributed by atoms with Crippen LogP contribution in [0.1, 0.15) is 12.5 Å². The minimum absolute atomic E-state index is 0.0171. The average Bonchev–Trinajstić information content (AvgIpc) is 2.68. The van der Waals surface area contributed by atoms with E-state index in [-0.39, 0.29) is 24.2 Å². The Balaban J connectivity index is 1.59. The van der Waals surface area contributed by atoms with Gasteiger partial charge in [-0.2, -0.15) is 0 Å². The second kappa shape index (κ2) is 8.71. The van der Waals surface area contributed by atoms with E-state index in [4.69, 9.17) is 9.47 Å². The summed E-state index contributed by atoms with van der Waals surface area (Å²) in [6.07, 6.45) is -0.179. The lowest BCUT2D eigenvalue weighted by Crippen LogP contribution is -2.43. The van der Waals surface area contributed by atoms with Gasteiger partial charge in [0.2, 0.25) is 5.91 Å². The van der Waals surface area contributed by atoms with Crippen LogP contribution in [-0.4, -0.2) is 48.1 Å². The van der Waals surface area contributed by atoms with Gasteiger partial charge in [-0.1, -0.05) is 25.1 Å². The van der Waals surface area contributed by atoms with Crippen molar-refractivity contribution in [3.05, 3.63) is 58.1 Å². The first kappa shape index (κ1) is 19.6. The van der Waals surface area contributed by atoms with Gasteiger partial charge in [-0.15, -0.1) is 0 Å². The van der Waals surface area contributed by atoms with Crippen LogP contribution in [0.4, 0.5) is 11.4 Å². The maximum absolute atomic E-state index is 12.5. The summed E-state index contributed by atoms with van der Waals surface area (Å²) < 4.78 is 11.7. The van der Waals surface area contributed by atoms with Crippen LogP contribution >= 0.6 is 0 Å². The summed E-state index contributed by atoms with van der Waals surface area (Å²) in [4.78, 5) is 25.0. The Kier molecular flexibility index (Phi) is 6.10. The van der Waals surface area contributed by atoms with Crippen LogP contribution in [0, 0.1) is 17.0 Å². The van der Waals surface area contributed by atoms with Crippen LogP contribution in [0.15, 0.2) is 42.5 Å². The Morgan fingerprint density at radius 2 is 2.00 bits per heavy atom. The second-order valence-corrected chi connectivity index (χ2v) is 6.58. The van der Waals surface area contributed by atoms with Gasteiger partial charge in [0.05, 0.1) is 22.7 Å². The fourth-order valence-corrected chi connectivity index (χ4v) is 3.10. The minimum Gasteiger partial charge on any atom is -0.486 e. The molecule has 0 radical (unpaired) electrons. The average molecular weight is 385 g/mol. The van der Waals surface area contributed by atoms with Crippen molar-refractivity contribution in [2.45, 2.75) is 20.0 Å². The molecule has 28 heavy (non-hydrogen) atoms. The van der Waals surface area contributed by atoms with E-state index in [1.54, 1.807) is 19.1 Å². The van der Waals surface area contributed by atoms with E-state index in [0.717, 1.165) is 5.75 Å². The van der Waals surface area contributed by atoms with E-state index in [9.17, 15) is 14.9 Å². The first-order valence-corrected chi connectivity index (χ1v) is 9.12. The summed E-state index contributed by atoms with van der Waals surface area (Å²) in [5, 5.41) is 13.8. The zero-order valence-corrected chi connectivity index (χ0v) is 15.9. The Morgan fingerprint density at radius 3 is 2.71 bits per heavy atom. The first-order valence-electron chi connectivity index (χ1n) is 9.12. The van der Waals surface area contributed by atoms with Crippen LogP contribution < -0.4 is 14.8 Å². The van der Waals surface area contributed by atoms with Crippen LogP contribution in [0.2, 0.25) is 0 Å². The zero-order valence-electron chi connectivity index (χ0n) is 15.9. The lowest BCUT2D eigenvalue weighted by atomic mass is 10.1. The van der Waals surface area contributed by atoms with E-state index in [1.165, 1.54) is 6.07 Å². The van der Waals surface area contributed by atoms with Gasteiger partial charge in [-0.3, -0.25) is 19.8 Å². The number of carbonyl (C=O) groups is 1. The van der Waals surface area contributed by atoms with Crippen LogP contribution in [0.3, 0.4) is 0 Å². The molecule has 0 fully saturated rings. The minimum atomic E-state index is -0.457. The lowest BCUT2D eigenvalue weighted by molar-refractivity contribution is -0.385. The number of para-hydroxylation sites is 2. The highest BCUT2D eigenvalue weighted by molar-refractivity contribution is 5.93. The Labute approximate surface area is 163 Å². The van der Waals surface area contributed by atoms with Crippen LogP contribution in [-0.2, 0) is 4.79 Å². The highest BCUT2D eigenvalue weighted by Crippen LogP contribution is 2.31. The maximum atomic E-state index is 12.5. The maximum Gasteiger partial charge on any atom is 0.274 e. The first-order chi connectivity index (χ1) is 13.5. The number of rotatable bonds is 7. The molecule has 3 rings (SSSR count). The standard InChI is InChI=1S/C20H23N3O5/c1-3-22(11-15-13-27-18-9-4-5-10-19(18)28-15)12-20(24)21-16-7-6-8-17(14(16)2)23(25)26/h4-10,15H,3,11-13H2,1-2H3,(H,21,24). The summed E-state index contributed by atoms with van der Waals surface area (Å²) in [6, 6.07) is 12.1. The Morgan fingerprint density at radius 1 is 1.25 bits per heavy atom. The predicted molar refractivity (Wildman–Crippen MR) is 105 cm³/mol. The molecule has 0 saturated carbocycles. The van der Waals surface area contributed by atoms with Crippen molar-refractivity contribution in [2.75, 3.05) is 31.6 Å². The van der Waals surface area contributed by atoms with Gasteiger partial charge in [0.25, 0.3) is 5.69 Å². The largest absolute Gasteiger partial charge is 0.486 e. The molecule has 0 bridgehead atoms. The molecule has 1 aliphatic heterocycles. The van der Waals surface area contributed by atoms with Crippen molar-refractivity contribution in [3.63, 3.8) is 0 Å². The SMILES string of the molecule is CCN(CC(=O)Nc1cccc([N+](=O)[O-])c1C)CC1COc2ccccc2O1. The number of likely N-dealkylation sites (N-methyl/N-ethyl adjacent to an activating group) is 1. The zero-order chi connectivity index (χ0) is 20.1. The lowest BCUT2D eigenvalue weighted by Gasteiger charge is -2.30. The quantitative estimate of drug-likeness (QED) is 0.582. The normalized spacial score (nSPS) is 15.3. The molecule has 1 atom stereocenters. The number of carbonyl (C=O) groups excluding carboxylic acids is 1. The molecule has 1 N–H and O–H groups in total. The van der Waals surface area contributed by atoms with E-state index in [1.807, 2.05) is 36.1 Å². The van der Waals surface area contributed by atoms with Gasteiger partial charge in [-0.25, -0.2) is 0 Å². The van der Waals surface area contributed by atoms with E-state index < -0.39 is 4.92 Å². The third-order valence-corrected chi connectivity index (χ3v) is 4.62. The third-order valence-electron chi connectivity index (χ3n) is 4.62. The van der Waals surface area contributed by atoms with E-state index in [0.29, 0.717) is 36.7 Å². The molecule has 8 nitrogen and oxygen atoms in total. The van der Waals surface area contributed by atoms with Crippen molar-refractivity contribution >= 4 is 17.3 Å². The molecule has 1 amide bonds. The molecule has 1 heterocycles. The number of hydrogen-bond donors (Lipinski definition) is 1. The number of nitro groups is 1. The third kappa shape index (κ3) is 4.58. The number of anilines is 1. The summed E-state index contributed by atoms with van der Waals surface area (Å²) >= 11 is 0. The Hall–Kier alpha value is -3.13. The Bertz CT molecular complexity index is 871. The predicted octanol–water partition coefficient (Wildman–Crippen LogP) is 3.00. The van der Waals surface area contributed by atoms with Gasteiger partial charge in [0.15, 0.2) is 11.5 Å². The molecule has 0 spiro atoms. The summed E-state index contributed by atoms with van der Waals surface area (Å²) in [7, 11) is 0. The van der Waals surface area contributed by atoms with Crippen LogP contribution in [0.25, 0.3) is 0 Å². The van der Waals surface area contributed by atoms with Crippen molar-refractivity contribution in [3.8, 4) is 11.5 Å². The number of benzene rings is 2. The monoisotopic (exact) mass is 385 g/mol. The van der Waals surface area contributed by atoms with E-state index >= 15 is 0 Å². The van der Waals surface area contributed by atoms with Gasteiger partial charge in [0, 0.05) is 12.6 Å². The number of nitrogens with zero attached hydrogens (tertiary/aromatic N) is 2. The molecule has 0 aromatic heterocycles. The molecule has 1 aliphatic rings. The van der Waals surface area contributed by atoms with Crippen molar-refractivity contribution in [1.82, 2.24) is 4.90 Å². The number of fused-ring (bicyclic) bond motifs is 1. The molecular formula is C20H23N3O5. The fraction of sp³-hybridized carbons (Fsp3) is 0.350. The van der Waals surface area contributed by atoms with Crippen molar-refractivity contribution in [1.29, 1.82) is 0 Å². The van der Waals surface area contributed by atoms with Gasteiger partial charge >= 0.3 is 0 Å². The van der Waals surface area contributed by atoms with Gasteiger partial charge in [-0.05, 0) is 31.7 Å². The number of ether oxygens (including phenoxy) is 2. The highest BCUT2D eigenvalue weighted by atomic mass is 16.6. The highest BCUT2D eigenvalue weighted by Gasteiger charge is 2.24. The molecule has 2 aromatic carbocycles. The van der Waals surface area contributed by atoms with Crippen molar-refractivity contribution < 1.29 is 19.2 Å². The van der Waals surface area contributed by atoms with Gasteiger partial charge in [0.1, 0.15) is 12.7 Å². The topological polar surface area (TPSA) is 93.9 Å². The van der Waals surface area contributed by atoms with E-state index in [2.05, 4.69) is 5.32 Å². The fourth-order valence-electron chi connectivity index (χ4n) is 3.10. The molecule has 0 saturated heterocycles. The van der Waals surface area contributed by atoms with Crippen molar-refractivity contribution in [2.24, 2.45) is 0 Å². The van der Waals surface area contributed by atoms with Gasteiger partial charge < -0.3 is 14.8 Å².